The van der Waals surface area contributed by atoms with Gasteiger partial charge in [-0.1, -0.05) is 48.5 Å². The minimum atomic E-state index is -0.582. The van der Waals surface area contributed by atoms with Gasteiger partial charge >= 0.3 is 0 Å². The van der Waals surface area contributed by atoms with Crippen LogP contribution in [0.3, 0.4) is 0 Å². The number of nitrogens with zero attached hydrogens (tertiary/aromatic N) is 2. The number of halogens is 2. The summed E-state index contributed by atoms with van der Waals surface area (Å²) in [6, 6.07) is 17.0. The van der Waals surface area contributed by atoms with Crippen molar-refractivity contribution in [3.05, 3.63) is 65.7 Å². The Morgan fingerprint density at radius 2 is 1.59 bits per heavy atom. The Hall–Kier alpha value is -1.79. The minimum Gasteiger partial charge on any atom is -0.496 e. The third kappa shape index (κ3) is 5.84. The second-order valence-electron chi connectivity index (χ2n) is 6.30. The van der Waals surface area contributed by atoms with Gasteiger partial charge in [0.15, 0.2) is 0 Å². The van der Waals surface area contributed by atoms with Gasteiger partial charge in [0.2, 0.25) is 5.91 Å². The van der Waals surface area contributed by atoms with E-state index < -0.39 is 6.04 Å². The van der Waals surface area contributed by atoms with Gasteiger partial charge in [-0.15, -0.1) is 24.8 Å². The van der Waals surface area contributed by atoms with Crippen molar-refractivity contribution in [3.63, 3.8) is 0 Å². The van der Waals surface area contributed by atoms with Gasteiger partial charge in [0.05, 0.1) is 7.11 Å². The standard InChI is InChI=1S/C20H25N3O2.2ClH/c1-25-18-10-6-5-9-17(18)15-22-11-13-23(14-12-22)20(24)19(21)16-7-3-2-4-8-16;;/h2-10,19H,11-15,21H2,1H3;2*1H. The largest absolute Gasteiger partial charge is 0.496 e. The zero-order chi connectivity index (χ0) is 17.6. The molecule has 1 atom stereocenters. The Morgan fingerprint density at radius 1 is 1.00 bits per heavy atom. The predicted molar refractivity (Wildman–Crippen MR) is 113 cm³/mol. The van der Waals surface area contributed by atoms with Crippen molar-refractivity contribution >= 4 is 30.7 Å². The number of nitrogens with two attached hydrogens (primary N) is 1. The minimum absolute atomic E-state index is 0. The molecule has 7 heteroatoms. The van der Waals surface area contributed by atoms with E-state index in [-0.39, 0.29) is 30.7 Å². The Labute approximate surface area is 173 Å². The van der Waals surface area contributed by atoms with Gasteiger partial charge in [0.1, 0.15) is 11.8 Å². The molecule has 2 aromatic rings. The fraction of sp³-hybridized carbons (Fsp3) is 0.350. The number of amides is 1. The number of hydrogen-bond donors (Lipinski definition) is 1. The van der Waals surface area contributed by atoms with Crippen LogP contribution in [0.25, 0.3) is 0 Å². The van der Waals surface area contributed by atoms with Gasteiger partial charge in [0.25, 0.3) is 0 Å². The molecular formula is C20H27Cl2N3O2. The van der Waals surface area contributed by atoms with E-state index in [0.29, 0.717) is 13.1 Å². The van der Waals surface area contributed by atoms with Gasteiger partial charge in [0, 0.05) is 38.3 Å². The topological polar surface area (TPSA) is 58.8 Å². The van der Waals surface area contributed by atoms with Crippen molar-refractivity contribution in [2.45, 2.75) is 12.6 Å². The molecule has 0 aliphatic carbocycles. The van der Waals surface area contributed by atoms with E-state index in [1.54, 1.807) is 7.11 Å². The van der Waals surface area contributed by atoms with Crippen molar-refractivity contribution in [1.29, 1.82) is 0 Å². The molecule has 3 rings (SSSR count). The molecule has 1 aliphatic heterocycles. The third-order valence-electron chi connectivity index (χ3n) is 4.70. The third-order valence-corrected chi connectivity index (χ3v) is 4.70. The molecule has 5 nitrogen and oxygen atoms in total. The van der Waals surface area contributed by atoms with Crippen LogP contribution in [0.1, 0.15) is 17.2 Å². The molecule has 0 aromatic heterocycles. The van der Waals surface area contributed by atoms with Crippen LogP contribution >= 0.6 is 24.8 Å². The summed E-state index contributed by atoms with van der Waals surface area (Å²) in [7, 11) is 1.69. The second kappa shape index (κ2) is 11.1. The summed E-state index contributed by atoms with van der Waals surface area (Å²) in [6.07, 6.45) is 0. The maximum atomic E-state index is 12.6. The maximum Gasteiger partial charge on any atom is 0.244 e. The highest BCUT2D eigenvalue weighted by molar-refractivity contribution is 5.85. The summed E-state index contributed by atoms with van der Waals surface area (Å²) in [4.78, 5) is 16.8. The summed E-state index contributed by atoms with van der Waals surface area (Å²) in [5.74, 6) is 0.912. The summed E-state index contributed by atoms with van der Waals surface area (Å²) in [6.45, 7) is 3.91. The molecule has 0 spiro atoms. The highest BCUT2D eigenvalue weighted by Crippen LogP contribution is 2.20. The van der Waals surface area contributed by atoms with Crippen LogP contribution in [0.15, 0.2) is 54.6 Å². The van der Waals surface area contributed by atoms with Crippen molar-refractivity contribution in [3.8, 4) is 5.75 Å². The van der Waals surface area contributed by atoms with Crippen LogP contribution in [-0.4, -0.2) is 49.0 Å². The molecule has 27 heavy (non-hydrogen) atoms. The van der Waals surface area contributed by atoms with E-state index in [4.69, 9.17) is 10.5 Å². The number of hydrogen-bond acceptors (Lipinski definition) is 4. The monoisotopic (exact) mass is 411 g/mol. The van der Waals surface area contributed by atoms with Crippen LogP contribution in [0.4, 0.5) is 0 Å². The molecule has 1 aliphatic rings. The summed E-state index contributed by atoms with van der Waals surface area (Å²) in [5, 5.41) is 0. The number of benzene rings is 2. The number of ether oxygens (including phenoxy) is 1. The number of para-hydroxylation sites is 1. The van der Waals surface area contributed by atoms with Gasteiger partial charge in [-0.3, -0.25) is 9.69 Å². The maximum absolute atomic E-state index is 12.6. The van der Waals surface area contributed by atoms with Crippen LogP contribution in [0, 0.1) is 0 Å². The Morgan fingerprint density at radius 3 is 2.22 bits per heavy atom. The Kier molecular flexibility index (Phi) is 9.60. The van der Waals surface area contributed by atoms with Gasteiger partial charge in [-0.05, 0) is 11.6 Å². The Balaban J connectivity index is 0.00000182. The molecule has 1 heterocycles. The van der Waals surface area contributed by atoms with Crippen LogP contribution in [0.5, 0.6) is 5.75 Å². The summed E-state index contributed by atoms with van der Waals surface area (Å²) in [5.41, 5.74) is 8.18. The molecule has 2 aromatic carbocycles. The first-order chi connectivity index (χ1) is 12.2. The smallest absolute Gasteiger partial charge is 0.244 e. The molecule has 1 unspecified atom stereocenters. The molecule has 148 valence electrons. The average molecular weight is 412 g/mol. The number of carbonyl (C=O) groups excluding carboxylic acids is 1. The molecular weight excluding hydrogens is 385 g/mol. The van der Waals surface area contributed by atoms with E-state index in [1.807, 2.05) is 53.4 Å². The number of piperazine rings is 1. The summed E-state index contributed by atoms with van der Waals surface area (Å²) >= 11 is 0. The van der Waals surface area contributed by atoms with Crippen molar-refractivity contribution in [2.75, 3.05) is 33.3 Å². The molecule has 0 radical (unpaired) electrons. The lowest BCUT2D eigenvalue weighted by molar-refractivity contribution is -0.134. The van der Waals surface area contributed by atoms with Gasteiger partial charge in [-0.25, -0.2) is 0 Å². The normalized spacial score (nSPS) is 15.3. The average Bonchev–Trinajstić information content (AvgIpc) is 2.68. The first-order valence-corrected chi connectivity index (χ1v) is 8.62. The zero-order valence-electron chi connectivity index (χ0n) is 15.4. The first kappa shape index (κ1) is 23.2. The number of carbonyl (C=O) groups is 1. The fourth-order valence-electron chi connectivity index (χ4n) is 3.20. The van der Waals surface area contributed by atoms with Gasteiger partial charge in [-0.2, -0.15) is 0 Å². The quantitative estimate of drug-likeness (QED) is 0.821. The lowest BCUT2D eigenvalue weighted by Crippen LogP contribution is -2.50. The molecule has 0 bridgehead atoms. The Bertz CT molecular complexity index is 707. The highest BCUT2D eigenvalue weighted by atomic mass is 35.5. The first-order valence-electron chi connectivity index (χ1n) is 8.62. The zero-order valence-corrected chi connectivity index (χ0v) is 17.0. The van der Waals surface area contributed by atoms with E-state index in [9.17, 15) is 4.79 Å². The molecule has 1 fully saturated rings. The number of rotatable bonds is 5. The summed E-state index contributed by atoms with van der Waals surface area (Å²) < 4.78 is 5.42. The molecule has 0 saturated carbocycles. The molecule has 1 amide bonds. The molecule has 2 N–H and O–H groups in total. The van der Waals surface area contributed by atoms with Crippen LogP contribution in [0.2, 0.25) is 0 Å². The van der Waals surface area contributed by atoms with E-state index in [1.165, 1.54) is 5.56 Å². The van der Waals surface area contributed by atoms with Crippen molar-refractivity contribution in [1.82, 2.24) is 9.80 Å². The number of methoxy groups -OCH3 is 1. The lowest BCUT2D eigenvalue weighted by Gasteiger charge is -2.36. The van der Waals surface area contributed by atoms with Gasteiger partial charge < -0.3 is 15.4 Å². The van der Waals surface area contributed by atoms with E-state index in [2.05, 4.69) is 11.0 Å². The van der Waals surface area contributed by atoms with Crippen LogP contribution in [-0.2, 0) is 11.3 Å². The fourth-order valence-corrected chi connectivity index (χ4v) is 3.20. The lowest BCUT2D eigenvalue weighted by atomic mass is 10.1. The highest BCUT2D eigenvalue weighted by Gasteiger charge is 2.26. The van der Waals surface area contributed by atoms with E-state index in [0.717, 1.165) is 30.9 Å². The SMILES string of the molecule is COc1ccccc1CN1CCN(C(=O)C(N)c2ccccc2)CC1.Cl.Cl. The second-order valence-corrected chi connectivity index (χ2v) is 6.30. The van der Waals surface area contributed by atoms with Crippen molar-refractivity contribution in [2.24, 2.45) is 5.73 Å². The van der Waals surface area contributed by atoms with Crippen molar-refractivity contribution < 1.29 is 9.53 Å². The predicted octanol–water partition coefficient (Wildman–Crippen LogP) is 2.88. The van der Waals surface area contributed by atoms with Crippen LogP contribution < -0.4 is 10.5 Å². The molecule has 1 saturated heterocycles. The van der Waals surface area contributed by atoms with E-state index >= 15 is 0 Å².